The Morgan fingerprint density at radius 3 is 2.87 bits per heavy atom. The van der Waals surface area contributed by atoms with Crippen LogP contribution in [0, 0.1) is 0 Å². The van der Waals surface area contributed by atoms with Crippen LogP contribution < -0.4 is 16.0 Å². The van der Waals surface area contributed by atoms with E-state index in [0.29, 0.717) is 36.0 Å². The molecule has 2 rings (SSSR count). The van der Waals surface area contributed by atoms with Crippen molar-refractivity contribution in [2.45, 2.75) is 19.4 Å². The predicted molar refractivity (Wildman–Crippen MR) is 92.6 cm³/mol. The molecule has 0 aliphatic carbocycles. The monoisotopic (exact) mass is 361 g/mol. The van der Waals surface area contributed by atoms with Crippen molar-refractivity contribution in [1.82, 2.24) is 10.6 Å². The molecule has 0 radical (unpaired) electrons. The van der Waals surface area contributed by atoms with Crippen molar-refractivity contribution in [1.29, 1.82) is 0 Å². The smallest absolute Gasteiger partial charge is 0.253 e. The van der Waals surface area contributed by atoms with Crippen LogP contribution in [0.1, 0.15) is 23.7 Å². The SMILES string of the molecule is CCNC(=O)c1ccc(Cl)cc1NC(=O)CC1COCCN1.Cl. The summed E-state index contributed by atoms with van der Waals surface area (Å²) in [5.74, 6) is -0.426. The van der Waals surface area contributed by atoms with Crippen LogP contribution in [0.15, 0.2) is 18.2 Å². The van der Waals surface area contributed by atoms with Crippen molar-refractivity contribution in [2.24, 2.45) is 0 Å². The molecule has 3 N–H and O–H groups in total. The number of rotatable bonds is 5. The van der Waals surface area contributed by atoms with Crippen LogP contribution in [0.4, 0.5) is 5.69 Å². The molecule has 1 atom stereocenters. The second kappa shape index (κ2) is 9.72. The van der Waals surface area contributed by atoms with E-state index in [-0.39, 0.29) is 36.7 Å². The minimum atomic E-state index is -0.242. The highest BCUT2D eigenvalue weighted by atomic mass is 35.5. The zero-order valence-corrected chi connectivity index (χ0v) is 14.4. The van der Waals surface area contributed by atoms with Gasteiger partial charge in [-0.05, 0) is 25.1 Å². The molecule has 1 saturated heterocycles. The van der Waals surface area contributed by atoms with Gasteiger partial charge in [-0.3, -0.25) is 9.59 Å². The van der Waals surface area contributed by atoms with Gasteiger partial charge >= 0.3 is 0 Å². The van der Waals surface area contributed by atoms with Gasteiger partial charge in [-0.25, -0.2) is 0 Å². The van der Waals surface area contributed by atoms with E-state index in [4.69, 9.17) is 16.3 Å². The highest BCUT2D eigenvalue weighted by Gasteiger charge is 2.19. The Kier molecular flexibility index (Phi) is 8.33. The van der Waals surface area contributed by atoms with Gasteiger partial charge < -0.3 is 20.7 Å². The number of hydrogen-bond acceptors (Lipinski definition) is 4. The average Bonchev–Trinajstić information content (AvgIpc) is 2.48. The van der Waals surface area contributed by atoms with Crippen LogP contribution in [0.25, 0.3) is 0 Å². The van der Waals surface area contributed by atoms with Gasteiger partial charge in [-0.1, -0.05) is 11.6 Å². The van der Waals surface area contributed by atoms with Crippen LogP contribution in [-0.2, 0) is 9.53 Å². The summed E-state index contributed by atoms with van der Waals surface area (Å²) >= 11 is 5.96. The molecule has 1 aliphatic heterocycles. The van der Waals surface area contributed by atoms with Gasteiger partial charge in [0.25, 0.3) is 5.91 Å². The lowest BCUT2D eigenvalue weighted by Gasteiger charge is -2.23. The number of amides is 2. The summed E-state index contributed by atoms with van der Waals surface area (Å²) in [5.41, 5.74) is 0.813. The Morgan fingerprint density at radius 2 is 2.22 bits per heavy atom. The Bertz CT molecular complexity index is 549. The van der Waals surface area contributed by atoms with E-state index in [9.17, 15) is 9.59 Å². The van der Waals surface area contributed by atoms with Crippen LogP contribution >= 0.6 is 24.0 Å². The fourth-order valence-corrected chi connectivity index (χ4v) is 2.42. The van der Waals surface area contributed by atoms with E-state index < -0.39 is 0 Å². The molecule has 2 amide bonds. The topological polar surface area (TPSA) is 79.5 Å². The van der Waals surface area contributed by atoms with Gasteiger partial charge in [0, 0.05) is 30.6 Å². The maximum Gasteiger partial charge on any atom is 0.253 e. The standard InChI is InChI=1S/C15H20ClN3O3.ClH/c1-2-17-15(21)12-4-3-10(16)7-13(12)19-14(20)8-11-9-22-6-5-18-11;/h3-4,7,11,18H,2,5-6,8-9H2,1H3,(H,17,21)(H,19,20);1H. The zero-order chi connectivity index (χ0) is 15.9. The lowest BCUT2D eigenvalue weighted by atomic mass is 10.1. The third kappa shape index (κ3) is 5.99. The molecule has 8 heteroatoms. The minimum absolute atomic E-state index is 0. The Balaban J connectivity index is 0.00000264. The zero-order valence-electron chi connectivity index (χ0n) is 12.9. The van der Waals surface area contributed by atoms with Crippen molar-refractivity contribution in [3.8, 4) is 0 Å². The Labute approximate surface area is 146 Å². The number of benzene rings is 1. The van der Waals surface area contributed by atoms with Crippen LogP contribution in [0.2, 0.25) is 5.02 Å². The normalized spacial score (nSPS) is 17.0. The molecule has 128 valence electrons. The van der Waals surface area contributed by atoms with E-state index >= 15 is 0 Å². The number of hydrogen-bond donors (Lipinski definition) is 3. The molecule has 0 saturated carbocycles. The van der Waals surface area contributed by atoms with Gasteiger partial charge in [0.2, 0.25) is 5.91 Å². The van der Waals surface area contributed by atoms with Gasteiger partial charge in [-0.2, -0.15) is 0 Å². The van der Waals surface area contributed by atoms with E-state index in [1.165, 1.54) is 0 Å². The first-order chi connectivity index (χ1) is 10.6. The maximum atomic E-state index is 12.1. The third-order valence-corrected chi connectivity index (χ3v) is 3.50. The highest BCUT2D eigenvalue weighted by Crippen LogP contribution is 2.21. The molecular weight excluding hydrogens is 341 g/mol. The number of nitrogens with one attached hydrogen (secondary N) is 3. The third-order valence-electron chi connectivity index (χ3n) is 3.27. The van der Waals surface area contributed by atoms with Crippen LogP contribution in [0.5, 0.6) is 0 Å². The summed E-state index contributed by atoms with van der Waals surface area (Å²) in [6.45, 7) is 4.25. The summed E-state index contributed by atoms with van der Waals surface area (Å²) in [5, 5.41) is 9.14. The van der Waals surface area contributed by atoms with Gasteiger partial charge in [0.1, 0.15) is 0 Å². The molecule has 0 bridgehead atoms. The molecular formula is C15H21Cl2N3O3. The van der Waals surface area contributed by atoms with Crippen LogP contribution in [-0.4, -0.2) is 44.2 Å². The number of ether oxygens (including phenoxy) is 1. The molecule has 1 aromatic carbocycles. The fourth-order valence-electron chi connectivity index (χ4n) is 2.25. The molecule has 0 aromatic heterocycles. The van der Waals surface area contributed by atoms with Crippen molar-refractivity contribution in [3.63, 3.8) is 0 Å². The van der Waals surface area contributed by atoms with E-state index in [2.05, 4.69) is 16.0 Å². The predicted octanol–water partition coefficient (Wildman–Crippen LogP) is 1.83. The quantitative estimate of drug-likeness (QED) is 0.747. The number of carbonyl (C=O) groups excluding carboxylic acids is 2. The number of halogens is 2. The Morgan fingerprint density at radius 1 is 1.43 bits per heavy atom. The fraction of sp³-hybridized carbons (Fsp3) is 0.467. The first-order valence-corrected chi connectivity index (χ1v) is 7.66. The summed E-state index contributed by atoms with van der Waals surface area (Å²) in [7, 11) is 0. The van der Waals surface area contributed by atoms with E-state index in [0.717, 1.165) is 6.54 Å². The highest BCUT2D eigenvalue weighted by molar-refractivity contribution is 6.31. The molecule has 1 aliphatic rings. The molecule has 0 spiro atoms. The van der Waals surface area contributed by atoms with Gasteiger partial charge in [0.05, 0.1) is 24.5 Å². The maximum absolute atomic E-state index is 12.1. The number of carbonyl (C=O) groups is 2. The van der Waals surface area contributed by atoms with Crippen LogP contribution in [0.3, 0.4) is 0 Å². The van der Waals surface area contributed by atoms with E-state index in [1.54, 1.807) is 18.2 Å². The molecule has 1 fully saturated rings. The minimum Gasteiger partial charge on any atom is -0.378 e. The summed E-state index contributed by atoms with van der Waals surface area (Å²) < 4.78 is 5.32. The molecule has 23 heavy (non-hydrogen) atoms. The van der Waals surface area contributed by atoms with Crippen molar-refractivity contribution < 1.29 is 14.3 Å². The molecule has 1 aromatic rings. The van der Waals surface area contributed by atoms with Crippen molar-refractivity contribution >= 4 is 41.5 Å². The van der Waals surface area contributed by atoms with Gasteiger partial charge in [-0.15, -0.1) is 12.4 Å². The van der Waals surface area contributed by atoms with Gasteiger partial charge in [0.15, 0.2) is 0 Å². The number of anilines is 1. The Hall–Kier alpha value is -1.34. The summed E-state index contributed by atoms with van der Waals surface area (Å²) in [6.07, 6.45) is 0.279. The van der Waals surface area contributed by atoms with Crippen molar-refractivity contribution in [2.75, 3.05) is 31.6 Å². The number of morpholine rings is 1. The molecule has 1 heterocycles. The second-order valence-electron chi connectivity index (χ2n) is 5.03. The first kappa shape index (κ1) is 19.7. The second-order valence-corrected chi connectivity index (χ2v) is 5.46. The molecule has 1 unspecified atom stereocenters. The lowest BCUT2D eigenvalue weighted by Crippen LogP contribution is -2.43. The summed E-state index contributed by atoms with van der Waals surface area (Å²) in [4.78, 5) is 24.2. The largest absolute Gasteiger partial charge is 0.378 e. The average molecular weight is 362 g/mol. The summed E-state index contributed by atoms with van der Waals surface area (Å²) in [6, 6.07) is 4.79. The van der Waals surface area contributed by atoms with E-state index in [1.807, 2.05) is 6.92 Å². The molecule has 6 nitrogen and oxygen atoms in total. The first-order valence-electron chi connectivity index (χ1n) is 7.29. The lowest BCUT2D eigenvalue weighted by molar-refractivity contribution is -0.117. The van der Waals surface area contributed by atoms with Crippen molar-refractivity contribution in [3.05, 3.63) is 28.8 Å².